The van der Waals surface area contributed by atoms with E-state index < -0.39 is 0 Å². The van der Waals surface area contributed by atoms with Gasteiger partial charge in [0.1, 0.15) is 0 Å². The first-order chi connectivity index (χ1) is 7.76. The summed E-state index contributed by atoms with van der Waals surface area (Å²) in [6.07, 6.45) is 0. The molecule has 0 fully saturated rings. The predicted molar refractivity (Wildman–Crippen MR) is 58.9 cm³/mol. The standard InChI is InChI=1S/C11H17NO4/c1-14-7-9-4-8(6-12-13)5-10(15-2)11(9)16-3/h4-5,12-13H,6-7H2,1-3H3. The molecular weight excluding hydrogens is 210 g/mol. The van der Waals surface area contributed by atoms with E-state index in [-0.39, 0.29) is 0 Å². The smallest absolute Gasteiger partial charge is 0.166 e. The molecule has 0 bridgehead atoms. The maximum Gasteiger partial charge on any atom is 0.166 e. The van der Waals surface area contributed by atoms with Gasteiger partial charge in [0, 0.05) is 19.2 Å². The SMILES string of the molecule is COCc1cc(CNO)cc(OC)c1OC. The molecule has 0 radical (unpaired) electrons. The van der Waals surface area contributed by atoms with E-state index in [9.17, 15) is 0 Å². The van der Waals surface area contributed by atoms with Crippen molar-refractivity contribution in [1.82, 2.24) is 5.48 Å². The maximum atomic E-state index is 8.68. The zero-order chi connectivity index (χ0) is 12.0. The fourth-order valence-electron chi connectivity index (χ4n) is 1.56. The molecule has 5 nitrogen and oxygen atoms in total. The van der Waals surface area contributed by atoms with Gasteiger partial charge >= 0.3 is 0 Å². The molecule has 0 amide bonds. The van der Waals surface area contributed by atoms with Crippen molar-refractivity contribution in [3.8, 4) is 11.5 Å². The Morgan fingerprint density at radius 3 is 2.44 bits per heavy atom. The molecule has 0 aliphatic carbocycles. The second kappa shape index (κ2) is 6.32. The molecule has 0 atom stereocenters. The topological polar surface area (TPSA) is 60.0 Å². The molecule has 0 aromatic heterocycles. The third-order valence-corrected chi connectivity index (χ3v) is 2.20. The van der Waals surface area contributed by atoms with Crippen LogP contribution < -0.4 is 15.0 Å². The average molecular weight is 227 g/mol. The number of hydroxylamine groups is 1. The lowest BCUT2D eigenvalue weighted by Gasteiger charge is -2.14. The highest BCUT2D eigenvalue weighted by Crippen LogP contribution is 2.33. The van der Waals surface area contributed by atoms with E-state index in [0.29, 0.717) is 24.7 Å². The third-order valence-electron chi connectivity index (χ3n) is 2.20. The lowest BCUT2D eigenvalue weighted by molar-refractivity contribution is 0.160. The van der Waals surface area contributed by atoms with Crippen LogP contribution in [0.2, 0.25) is 0 Å². The van der Waals surface area contributed by atoms with E-state index in [1.165, 1.54) is 0 Å². The Labute approximate surface area is 94.9 Å². The molecule has 0 saturated heterocycles. The van der Waals surface area contributed by atoms with E-state index >= 15 is 0 Å². The largest absolute Gasteiger partial charge is 0.493 e. The van der Waals surface area contributed by atoms with Crippen molar-refractivity contribution in [2.45, 2.75) is 13.2 Å². The summed E-state index contributed by atoms with van der Waals surface area (Å²) in [7, 11) is 4.77. The highest BCUT2D eigenvalue weighted by Gasteiger charge is 2.11. The van der Waals surface area contributed by atoms with Crippen LogP contribution in [-0.2, 0) is 17.9 Å². The molecule has 0 unspecified atom stereocenters. The molecule has 1 rings (SSSR count). The van der Waals surface area contributed by atoms with Gasteiger partial charge in [0.15, 0.2) is 11.5 Å². The summed E-state index contributed by atoms with van der Waals surface area (Å²) in [4.78, 5) is 0. The van der Waals surface area contributed by atoms with Crippen LogP contribution >= 0.6 is 0 Å². The summed E-state index contributed by atoms with van der Waals surface area (Å²) in [6, 6.07) is 3.70. The maximum absolute atomic E-state index is 8.68. The Morgan fingerprint density at radius 1 is 1.19 bits per heavy atom. The van der Waals surface area contributed by atoms with Gasteiger partial charge in [-0.15, -0.1) is 0 Å². The molecule has 0 spiro atoms. The molecule has 1 aromatic rings. The molecule has 0 heterocycles. The number of hydrogen-bond acceptors (Lipinski definition) is 5. The van der Waals surface area contributed by atoms with E-state index in [4.69, 9.17) is 19.4 Å². The van der Waals surface area contributed by atoms with Gasteiger partial charge in [0.05, 0.1) is 20.8 Å². The zero-order valence-corrected chi connectivity index (χ0v) is 9.74. The van der Waals surface area contributed by atoms with Gasteiger partial charge in [0.2, 0.25) is 0 Å². The van der Waals surface area contributed by atoms with Crippen LogP contribution in [0.3, 0.4) is 0 Å². The van der Waals surface area contributed by atoms with Crippen molar-refractivity contribution in [2.75, 3.05) is 21.3 Å². The average Bonchev–Trinajstić information content (AvgIpc) is 2.29. The summed E-state index contributed by atoms with van der Waals surface area (Å²) in [6.45, 7) is 0.774. The first kappa shape index (κ1) is 12.8. The van der Waals surface area contributed by atoms with Crippen molar-refractivity contribution in [1.29, 1.82) is 0 Å². The number of hydrogen-bond donors (Lipinski definition) is 2. The van der Waals surface area contributed by atoms with Gasteiger partial charge in [-0.3, -0.25) is 0 Å². The van der Waals surface area contributed by atoms with Crippen LogP contribution in [0, 0.1) is 0 Å². The van der Waals surface area contributed by atoms with Crippen LogP contribution in [0.1, 0.15) is 11.1 Å². The normalized spacial score (nSPS) is 10.2. The minimum absolute atomic E-state index is 0.344. The molecule has 16 heavy (non-hydrogen) atoms. The lowest BCUT2D eigenvalue weighted by atomic mass is 10.1. The van der Waals surface area contributed by atoms with Gasteiger partial charge in [-0.25, -0.2) is 5.48 Å². The fraction of sp³-hybridized carbons (Fsp3) is 0.455. The third kappa shape index (κ3) is 2.85. The van der Waals surface area contributed by atoms with Crippen LogP contribution in [-0.4, -0.2) is 26.5 Å². The van der Waals surface area contributed by atoms with Crippen LogP contribution in [0.5, 0.6) is 11.5 Å². The Bertz CT molecular complexity index is 341. The molecule has 2 N–H and O–H groups in total. The van der Waals surface area contributed by atoms with Crippen molar-refractivity contribution in [3.63, 3.8) is 0 Å². The summed E-state index contributed by atoms with van der Waals surface area (Å²) in [5, 5.41) is 8.68. The monoisotopic (exact) mass is 227 g/mol. The number of benzene rings is 1. The van der Waals surface area contributed by atoms with Gasteiger partial charge < -0.3 is 19.4 Å². The number of ether oxygens (including phenoxy) is 3. The zero-order valence-electron chi connectivity index (χ0n) is 9.74. The fourth-order valence-corrected chi connectivity index (χ4v) is 1.56. The lowest BCUT2D eigenvalue weighted by Crippen LogP contribution is -2.08. The van der Waals surface area contributed by atoms with Crippen LogP contribution in [0.25, 0.3) is 0 Å². The van der Waals surface area contributed by atoms with Crippen LogP contribution in [0.4, 0.5) is 0 Å². The molecular formula is C11H17NO4. The Morgan fingerprint density at radius 2 is 1.94 bits per heavy atom. The molecule has 0 saturated carbocycles. The Hall–Kier alpha value is -1.30. The quantitative estimate of drug-likeness (QED) is 0.718. The Balaban J connectivity index is 3.14. The van der Waals surface area contributed by atoms with Gasteiger partial charge in [0.25, 0.3) is 0 Å². The van der Waals surface area contributed by atoms with Crippen molar-refractivity contribution >= 4 is 0 Å². The van der Waals surface area contributed by atoms with E-state index in [0.717, 1.165) is 11.1 Å². The number of methoxy groups -OCH3 is 3. The molecule has 1 aromatic carbocycles. The molecule has 0 aliphatic rings. The van der Waals surface area contributed by atoms with Crippen molar-refractivity contribution < 1.29 is 19.4 Å². The molecule has 90 valence electrons. The Kier molecular flexibility index (Phi) is 5.04. The van der Waals surface area contributed by atoms with Gasteiger partial charge in [-0.1, -0.05) is 0 Å². The van der Waals surface area contributed by atoms with E-state index in [2.05, 4.69) is 5.48 Å². The summed E-state index contributed by atoms with van der Waals surface area (Å²) in [5.41, 5.74) is 3.88. The highest BCUT2D eigenvalue weighted by atomic mass is 16.5. The first-order valence-electron chi connectivity index (χ1n) is 4.86. The second-order valence-electron chi connectivity index (χ2n) is 3.26. The van der Waals surface area contributed by atoms with E-state index in [1.807, 2.05) is 6.07 Å². The minimum atomic E-state index is 0.344. The van der Waals surface area contributed by atoms with Crippen molar-refractivity contribution in [2.24, 2.45) is 0 Å². The van der Waals surface area contributed by atoms with Gasteiger partial charge in [-0.05, 0) is 17.7 Å². The first-order valence-corrected chi connectivity index (χ1v) is 4.86. The number of nitrogens with one attached hydrogen (secondary N) is 1. The summed E-state index contributed by atoms with van der Waals surface area (Å²) >= 11 is 0. The minimum Gasteiger partial charge on any atom is -0.493 e. The van der Waals surface area contributed by atoms with E-state index in [1.54, 1.807) is 27.4 Å². The number of rotatable bonds is 6. The van der Waals surface area contributed by atoms with Crippen molar-refractivity contribution in [3.05, 3.63) is 23.3 Å². The van der Waals surface area contributed by atoms with Gasteiger partial charge in [-0.2, -0.15) is 0 Å². The summed E-state index contributed by atoms with van der Waals surface area (Å²) < 4.78 is 15.6. The van der Waals surface area contributed by atoms with Crippen LogP contribution in [0.15, 0.2) is 12.1 Å². The second-order valence-corrected chi connectivity index (χ2v) is 3.26. The molecule has 0 aliphatic heterocycles. The summed E-state index contributed by atoms with van der Waals surface area (Å²) in [5.74, 6) is 1.29. The predicted octanol–water partition coefficient (Wildman–Crippen LogP) is 1.33. The highest BCUT2D eigenvalue weighted by molar-refractivity contribution is 5.49. The molecule has 5 heteroatoms.